The largest absolute Gasteiger partial charge is 0.338 e. The lowest BCUT2D eigenvalue weighted by molar-refractivity contribution is 0.257. The van der Waals surface area contributed by atoms with Crippen LogP contribution in [0.2, 0.25) is 0 Å². The van der Waals surface area contributed by atoms with E-state index in [4.69, 9.17) is 4.52 Å². The van der Waals surface area contributed by atoms with Crippen molar-refractivity contribution in [3.63, 3.8) is 0 Å². The zero-order valence-corrected chi connectivity index (χ0v) is 10.7. The first-order chi connectivity index (χ1) is 5.99. The Morgan fingerprint density at radius 1 is 1.38 bits per heavy atom. The molecule has 0 heterocycles. The summed E-state index contributed by atoms with van der Waals surface area (Å²) < 4.78 is 16.9. The fraction of sp³-hybridized carbons (Fsp3) is 1.00. The van der Waals surface area contributed by atoms with E-state index in [1.165, 1.54) is 0 Å². The minimum atomic E-state index is -3.42. The molecule has 0 saturated heterocycles. The lowest BCUT2D eigenvalue weighted by Gasteiger charge is -2.33. The predicted molar refractivity (Wildman–Crippen MR) is 59.0 cm³/mol. The average molecular weight is 226 g/mol. The minimum absolute atomic E-state index is 0.306. The second-order valence-electron chi connectivity index (χ2n) is 2.93. The van der Waals surface area contributed by atoms with Gasteiger partial charge in [0.05, 0.1) is 11.5 Å². The first kappa shape index (κ1) is 13.6. The summed E-state index contributed by atoms with van der Waals surface area (Å²) in [6.45, 7) is 7.91. The molecule has 2 unspecified atom stereocenters. The molecule has 0 aliphatic rings. The van der Waals surface area contributed by atoms with Crippen molar-refractivity contribution in [3.8, 4) is 0 Å². The third kappa shape index (κ3) is 2.76. The molecule has 0 aliphatic heterocycles. The van der Waals surface area contributed by atoms with Gasteiger partial charge in [0.15, 0.2) is 0 Å². The van der Waals surface area contributed by atoms with Gasteiger partial charge in [-0.2, -0.15) is 0 Å². The SMILES string of the molecule is CCOP(=O)(O)C(CC)(CC)PC. The maximum atomic E-state index is 11.9. The molecule has 0 saturated carbocycles. The van der Waals surface area contributed by atoms with Gasteiger partial charge in [0.1, 0.15) is 0 Å². The molecule has 0 aliphatic carbocycles. The Morgan fingerprint density at radius 2 is 1.85 bits per heavy atom. The first-order valence-corrected chi connectivity index (χ1v) is 7.73. The topological polar surface area (TPSA) is 46.5 Å². The fourth-order valence-electron chi connectivity index (χ4n) is 1.44. The second-order valence-corrected chi connectivity index (χ2v) is 6.96. The molecular formula is C8H20O3P2. The van der Waals surface area contributed by atoms with Crippen molar-refractivity contribution in [1.82, 2.24) is 0 Å². The van der Waals surface area contributed by atoms with Crippen LogP contribution in [0.4, 0.5) is 0 Å². The Kier molecular flexibility index (Phi) is 5.70. The Morgan fingerprint density at radius 3 is 2.08 bits per heavy atom. The molecule has 2 atom stereocenters. The van der Waals surface area contributed by atoms with Crippen LogP contribution in [0.15, 0.2) is 0 Å². The molecule has 0 bridgehead atoms. The molecular weight excluding hydrogens is 206 g/mol. The molecule has 3 nitrogen and oxygen atoms in total. The molecule has 0 amide bonds. The van der Waals surface area contributed by atoms with Gasteiger partial charge >= 0.3 is 7.60 Å². The number of rotatable bonds is 6. The normalized spacial score (nSPS) is 17.9. The summed E-state index contributed by atoms with van der Waals surface area (Å²) in [4.78, 5) is 9.25. The molecule has 0 aromatic rings. The van der Waals surface area contributed by atoms with Crippen molar-refractivity contribution in [2.24, 2.45) is 0 Å². The Labute approximate surface area is 82.6 Å². The maximum absolute atomic E-state index is 11.9. The van der Waals surface area contributed by atoms with Crippen LogP contribution in [0.1, 0.15) is 33.6 Å². The lowest BCUT2D eigenvalue weighted by atomic mass is 10.2. The standard InChI is InChI=1S/C8H20O3P2/c1-5-8(6-2,12-4)13(9,10)11-7-3/h12H,5-7H2,1-4H3,(H,9,10). The van der Waals surface area contributed by atoms with Crippen LogP contribution in [0, 0.1) is 0 Å². The molecule has 0 rings (SSSR count). The summed E-state index contributed by atoms with van der Waals surface area (Å²) in [7, 11) is -2.98. The van der Waals surface area contributed by atoms with Crippen molar-refractivity contribution in [2.45, 2.75) is 38.5 Å². The Bertz CT molecular complexity index is 182. The van der Waals surface area contributed by atoms with Crippen LogP contribution in [0.5, 0.6) is 0 Å². The smallest absolute Gasteiger partial charge is 0.324 e. The third-order valence-corrected chi connectivity index (χ3v) is 7.96. The van der Waals surface area contributed by atoms with Crippen molar-refractivity contribution in [3.05, 3.63) is 0 Å². The van der Waals surface area contributed by atoms with Gasteiger partial charge in [-0.25, -0.2) is 0 Å². The summed E-state index contributed by atoms with van der Waals surface area (Å²) >= 11 is 0. The molecule has 1 N–H and O–H groups in total. The zero-order chi connectivity index (χ0) is 10.5. The number of hydrogen-bond donors (Lipinski definition) is 1. The first-order valence-electron chi connectivity index (χ1n) is 4.66. The molecule has 0 aromatic carbocycles. The summed E-state index contributed by atoms with van der Waals surface area (Å²) in [5, 5.41) is 0. The zero-order valence-electron chi connectivity index (χ0n) is 8.83. The highest BCUT2D eigenvalue weighted by atomic mass is 31.2. The quantitative estimate of drug-likeness (QED) is 0.708. The average Bonchev–Trinajstić information content (AvgIpc) is 2.07. The summed E-state index contributed by atoms with van der Waals surface area (Å²) in [5.74, 6) is 0. The van der Waals surface area contributed by atoms with Crippen molar-refractivity contribution in [1.29, 1.82) is 0 Å². The molecule has 0 aromatic heterocycles. The van der Waals surface area contributed by atoms with Crippen molar-refractivity contribution < 1.29 is 14.0 Å². The van der Waals surface area contributed by atoms with E-state index < -0.39 is 12.5 Å². The van der Waals surface area contributed by atoms with E-state index in [-0.39, 0.29) is 0 Å². The molecule has 0 fully saturated rings. The molecule has 0 spiro atoms. The Balaban J connectivity index is 4.80. The second kappa shape index (κ2) is 5.46. The van der Waals surface area contributed by atoms with Gasteiger partial charge in [-0.15, -0.1) is 8.58 Å². The van der Waals surface area contributed by atoms with Gasteiger partial charge in [-0.1, -0.05) is 13.8 Å². The van der Waals surface area contributed by atoms with Crippen LogP contribution in [0.25, 0.3) is 0 Å². The Hall–Kier alpha value is 0.580. The van der Waals surface area contributed by atoms with Crippen LogP contribution >= 0.6 is 16.2 Å². The molecule has 80 valence electrons. The van der Waals surface area contributed by atoms with E-state index in [0.29, 0.717) is 28.0 Å². The van der Waals surface area contributed by atoms with E-state index in [0.717, 1.165) is 0 Å². The van der Waals surface area contributed by atoms with Crippen LogP contribution in [0.3, 0.4) is 0 Å². The van der Waals surface area contributed by atoms with Gasteiger partial charge in [-0.3, -0.25) is 4.57 Å². The fourth-order valence-corrected chi connectivity index (χ4v) is 4.87. The summed E-state index contributed by atoms with van der Waals surface area (Å²) in [6.07, 6.45) is 1.40. The summed E-state index contributed by atoms with van der Waals surface area (Å²) in [5.41, 5.74) is 0. The maximum Gasteiger partial charge on any atom is 0.338 e. The van der Waals surface area contributed by atoms with Crippen molar-refractivity contribution >= 4 is 16.2 Å². The van der Waals surface area contributed by atoms with Crippen LogP contribution in [-0.4, -0.2) is 23.1 Å². The van der Waals surface area contributed by atoms with Gasteiger partial charge in [0, 0.05) is 0 Å². The van der Waals surface area contributed by atoms with Crippen LogP contribution < -0.4 is 0 Å². The molecule has 0 radical (unpaired) electrons. The van der Waals surface area contributed by atoms with Crippen molar-refractivity contribution in [2.75, 3.05) is 13.3 Å². The highest BCUT2D eigenvalue weighted by Crippen LogP contribution is 2.65. The van der Waals surface area contributed by atoms with E-state index in [2.05, 4.69) is 0 Å². The highest BCUT2D eigenvalue weighted by Gasteiger charge is 2.44. The van der Waals surface area contributed by atoms with Gasteiger partial charge in [0.2, 0.25) is 0 Å². The van der Waals surface area contributed by atoms with Crippen LogP contribution in [-0.2, 0) is 9.09 Å². The van der Waals surface area contributed by atoms with E-state index in [9.17, 15) is 9.46 Å². The van der Waals surface area contributed by atoms with E-state index in [1.807, 2.05) is 20.5 Å². The lowest BCUT2D eigenvalue weighted by Crippen LogP contribution is -2.22. The highest BCUT2D eigenvalue weighted by molar-refractivity contribution is 7.67. The monoisotopic (exact) mass is 226 g/mol. The predicted octanol–water partition coefficient (Wildman–Crippen LogP) is 3.03. The van der Waals surface area contributed by atoms with E-state index in [1.54, 1.807) is 6.92 Å². The van der Waals surface area contributed by atoms with Gasteiger partial charge in [-0.05, 0) is 26.4 Å². The minimum Gasteiger partial charge on any atom is -0.324 e. The van der Waals surface area contributed by atoms with Gasteiger partial charge < -0.3 is 9.42 Å². The van der Waals surface area contributed by atoms with E-state index >= 15 is 0 Å². The number of hydrogen-bond acceptors (Lipinski definition) is 2. The molecule has 5 heteroatoms. The van der Waals surface area contributed by atoms with Gasteiger partial charge in [0.25, 0.3) is 0 Å². The molecule has 13 heavy (non-hydrogen) atoms. The summed E-state index contributed by atoms with van der Waals surface area (Å²) in [6, 6.07) is 0. The third-order valence-electron chi connectivity index (χ3n) is 2.48.